The van der Waals surface area contributed by atoms with Crippen LogP contribution in [-0.4, -0.2) is 22.6 Å². The normalized spacial score (nSPS) is 39.2. The third kappa shape index (κ3) is 2.76. The number of hydrogen-bond acceptors (Lipinski definition) is 2. The van der Waals surface area contributed by atoms with Crippen molar-refractivity contribution in [3.63, 3.8) is 0 Å². The first kappa shape index (κ1) is 12.8. The highest BCUT2D eigenvalue weighted by Gasteiger charge is 2.41. The molecule has 0 amide bonds. The van der Waals surface area contributed by atoms with Crippen LogP contribution >= 0.6 is 11.8 Å². The van der Waals surface area contributed by atoms with E-state index in [1.807, 2.05) is 0 Å². The molecule has 94 valence electrons. The molecule has 3 unspecified atom stereocenters. The zero-order valence-electron chi connectivity index (χ0n) is 11.5. The summed E-state index contributed by atoms with van der Waals surface area (Å²) in [5.41, 5.74) is 0.846. The standard InChI is InChI=1S/C14H27NS/c1-13(2,3)10-6-7-11-12(8-10)16-9-14(4,5)15-11/h10-12,15H,6-9H2,1-5H3. The van der Waals surface area contributed by atoms with E-state index < -0.39 is 0 Å². The van der Waals surface area contributed by atoms with Crippen LogP contribution in [0, 0.1) is 11.3 Å². The van der Waals surface area contributed by atoms with Crippen LogP contribution < -0.4 is 5.32 Å². The predicted molar refractivity (Wildman–Crippen MR) is 74.0 cm³/mol. The molecule has 0 aromatic carbocycles. The van der Waals surface area contributed by atoms with Crippen LogP contribution in [0.15, 0.2) is 0 Å². The van der Waals surface area contributed by atoms with Crippen molar-refractivity contribution in [1.29, 1.82) is 0 Å². The van der Waals surface area contributed by atoms with Gasteiger partial charge in [0.05, 0.1) is 0 Å². The Morgan fingerprint density at radius 3 is 2.50 bits per heavy atom. The van der Waals surface area contributed by atoms with Gasteiger partial charge in [-0.05, 0) is 44.4 Å². The van der Waals surface area contributed by atoms with Crippen LogP contribution in [0.1, 0.15) is 53.9 Å². The minimum absolute atomic E-state index is 0.348. The zero-order chi connectivity index (χ0) is 12.0. The fourth-order valence-electron chi connectivity index (χ4n) is 3.12. The van der Waals surface area contributed by atoms with Crippen molar-refractivity contribution in [2.45, 2.75) is 70.7 Å². The lowest BCUT2D eigenvalue weighted by atomic mass is 9.71. The van der Waals surface area contributed by atoms with Gasteiger partial charge < -0.3 is 5.32 Å². The molecule has 0 aromatic heterocycles. The SMILES string of the molecule is CC1(C)CSC2CC(C(C)(C)C)CCC2N1. The Hall–Kier alpha value is 0.310. The fraction of sp³-hybridized carbons (Fsp3) is 1.00. The molecule has 2 heteroatoms. The number of hydrogen-bond donors (Lipinski definition) is 1. The molecule has 0 radical (unpaired) electrons. The molecule has 2 fully saturated rings. The van der Waals surface area contributed by atoms with E-state index in [1.54, 1.807) is 0 Å². The van der Waals surface area contributed by atoms with E-state index in [1.165, 1.54) is 25.0 Å². The van der Waals surface area contributed by atoms with Gasteiger partial charge in [0.1, 0.15) is 0 Å². The first-order valence-electron chi connectivity index (χ1n) is 6.67. The third-order valence-electron chi connectivity index (χ3n) is 4.25. The molecule has 2 aliphatic rings. The Morgan fingerprint density at radius 1 is 1.19 bits per heavy atom. The van der Waals surface area contributed by atoms with Gasteiger partial charge in [-0.15, -0.1) is 0 Å². The Labute approximate surface area is 105 Å². The van der Waals surface area contributed by atoms with Gasteiger partial charge in [-0.1, -0.05) is 20.8 Å². The second-order valence-corrected chi connectivity index (χ2v) is 8.59. The molecule has 1 N–H and O–H groups in total. The largest absolute Gasteiger partial charge is 0.307 e. The fourth-order valence-corrected chi connectivity index (χ4v) is 4.64. The molecule has 1 saturated heterocycles. The summed E-state index contributed by atoms with van der Waals surface area (Å²) in [5, 5.41) is 4.71. The Bertz CT molecular complexity index is 254. The topological polar surface area (TPSA) is 12.0 Å². The number of nitrogens with one attached hydrogen (secondary N) is 1. The van der Waals surface area contributed by atoms with E-state index in [0.29, 0.717) is 11.0 Å². The van der Waals surface area contributed by atoms with Gasteiger partial charge in [-0.2, -0.15) is 11.8 Å². The van der Waals surface area contributed by atoms with Crippen molar-refractivity contribution in [2.24, 2.45) is 11.3 Å². The summed E-state index contributed by atoms with van der Waals surface area (Å²) in [6.45, 7) is 11.9. The highest BCUT2D eigenvalue weighted by atomic mass is 32.2. The molecule has 0 spiro atoms. The molecule has 2 rings (SSSR count). The van der Waals surface area contributed by atoms with E-state index >= 15 is 0 Å². The van der Waals surface area contributed by atoms with E-state index in [0.717, 1.165) is 17.2 Å². The predicted octanol–water partition coefficient (Wildman–Crippen LogP) is 3.68. The van der Waals surface area contributed by atoms with Crippen LogP contribution in [0.2, 0.25) is 0 Å². The summed E-state index contributed by atoms with van der Waals surface area (Å²) in [6, 6.07) is 0.771. The van der Waals surface area contributed by atoms with E-state index in [9.17, 15) is 0 Å². The molecule has 16 heavy (non-hydrogen) atoms. The van der Waals surface area contributed by atoms with Crippen LogP contribution in [0.5, 0.6) is 0 Å². The van der Waals surface area contributed by atoms with Gasteiger partial charge in [0.2, 0.25) is 0 Å². The summed E-state index contributed by atoms with van der Waals surface area (Å²) < 4.78 is 0. The van der Waals surface area contributed by atoms with Crippen molar-refractivity contribution in [2.75, 3.05) is 5.75 Å². The molecule has 1 aliphatic heterocycles. The Balaban J connectivity index is 1.98. The molecule has 1 nitrogen and oxygen atoms in total. The van der Waals surface area contributed by atoms with Gasteiger partial charge in [0, 0.05) is 22.6 Å². The molecule has 0 bridgehead atoms. The molecule has 1 saturated carbocycles. The molecular formula is C14H27NS. The first-order valence-corrected chi connectivity index (χ1v) is 7.72. The van der Waals surface area contributed by atoms with Crippen molar-refractivity contribution in [1.82, 2.24) is 5.32 Å². The highest BCUT2D eigenvalue weighted by molar-refractivity contribution is 8.00. The number of thioether (sulfide) groups is 1. The molecule has 0 aromatic rings. The van der Waals surface area contributed by atoms with Crippen molar-refractivity contribution in [3.8, 4) is 0 Å². The van der Waals surface area contributed by atoms with Crippen LogP contribution in [0.4, 0.5) is 0 Å². The van der Waals surface area contributed by atoms with Gasteiger partial charge in [0.25, 0.3) is 0 Å². The van der Waals surface area contributed by atoms with Gasteiger partial charge in [-0.3, -0.25) is 0 Å². The molecule has 1 heterocycles. The molecule has 3 atom stereocenters. The lowest BCUT2D eigenvalue weighted by Gasteiger charge is -2.48. The average Bonchev–Trinajstić information content (AvgIpc) is 2.14. The summed E-state index contributed by atoms with van der Waals surface area (Å²) >= 11 is 2.21. The first-order chi connectivity index (χ1) is 7.28. The smallest absolute Gasteiger partial charge is 0.0218 e. The lowest BCUT2D eigenvalue weighted by Crippen LogP contribution is -2.58. The second kappa shape index (κ2) is 4.20. The van der Waals surface area contributed by atoms with E-state index in [2.05, 4.69) is 51.7 Å². The maximum Gasteiger partial charge on any atom is 0.0218 e. The van der Waals surface area contributed by atoms with Crippen LogP contribution in [-0.2, 0) is 0 Å². The monoisotopic (exact) mass is 241 g/mol. The quantitative estimate of drug-likeness (QED) is 0.694. The molecule has 1 aliphatic carbocycles. The molecular weight excluding hydrogens is 214 g/mol. The third-order valence-corrected chi connectivity index (χ3v) is 6.09. The van der Waals surface area contributed by atoms with Crippen molar-refractivity contribution >= 4 is 11.8 Å². The average molecular weight is 241 g/mol. The van der Waals surface area contributed by atoms with Crippen molar-refractivity contribution < 1.29 is 0 Å². The highest BCUT2D eigenvalue weighted by Crippen LogP contribution is 2.44. The minimum Gasteiger partial charge on any atom is -0.307 e. The summed E-state index contributed by atoms with van der Waals surface area (Å²) in [7, 11) is 0. The summed E-state index contributed by atoms with van der Waals surface area (Å²) in [4.78, 5) is 0. The van der Waals surface area contributed by atoms with Gasteiger partial charge >= 0.3 is 0 Å². The van der Waals surface area contributed by atoms with E-state index in [-0.39, 0.29) is 0 Å². The zero-order valence-corrected chi connectivity index (χ0v) is 12.3. The maximum absolute atomic E-state index is 3.85. The van der Waals surface area contributed by atoms with Crippen molar-refractivity contribution in [3.05, 3.63) is 0 Å². The summed E-state index contributed by atoms with van der Waals surface area (Å²) in [6.07, 6.45) is 4.21. The van der Waals surface area contributed by atoms with Crippen LogP contribution in [0.25, 0.3) is 0 Å². The maximum atomic E-state index is 3.85. The summed E-state index contributed by atoms with van der Waals surface area (Å²) in [5.74, 6) is 2.19. The minimum atomic E-state index is 0.348. The van der Waals surface area contributed by atoms with Gasteiger partial charge in [-0.25, -0.2) is 0 Å². The lowest BCUT2D eigenvalue weighted by molar-refractivity contribution is 0.151. The Kier molecular flexibility index (Phi) is 3.35. The van der Waals surface area contributed by atoms with E-state index in [4.69, 9.17) is 0 Å². The second-order valence-electron chi connectivity index (χ2n) is 7.36. The van der Waals surface area contributed by atoms with Crippen LogP contribution in [0.3, 0.4) is 0 Å². The van der Waals surface area contributed by atoms with Gasteiger partial charge in [0.15, 0.2) is 0 Å². The Morgan fingerprint density at radius 2 is 1.88 bits per heavy atom. The number of fused-ring (bicyclic) bond motifs is 1. The number of rotatable bonds is 0.